The van der Waals surface area contributed by atoms with E-state index in [2.05, 4.69) is 190 Å². The van der Waals surface area contributed by atoms with Crippen LogP contribution in [-0.2, 0) is 10.8 Å². The van der Waals surface area contributed by atoms with E-state index in [4.69, 9.17) is 0 Å². The predicted octanol–water partition coefficient (Wildman–Crippen LogP) is 13.1. The van der Waals surface area contributed by atoms with Crippen molar-refractivity contribution < 1.29 is 0 Å². The summed E-state index contributed by atoms with van der Waals surface area (Å²) in [4.78, 5) is 4.78. The van der Waals surface area contributed by atoms with Gasteiger partial charge in [0.25, 0.3) is 0 Å². The van der Waals surface area contributed by atoms with Gasteiger partial charge in [0.1, 0.15) is 0 Å². The fraction of sp³-hybridized carbons (Fsp3) is 0.318. The molecule has 0 N–H and O–H groups in total. The van der Waals surface area contributed by atoms with Gasteiger partial charge < -0.3 is 9.80 Å². The van der Waals surface area contributed by atoms with Crippen LogP contribution < -0.4 is 9.80 Å². The Kier molecular flexibility index (Phi) is 10.2. The van der Waals surface area contributed by atoms with E-state index in [1.54, 1.807) is 0 Å². The van der Waals surface area contributed by atoms with E-state index >= 15 is 0 Å². The second kappa shape index (κ2) is 13.6. The Labute approximate surface area is 279 Å². The number of hydrogen-bond acceptors (Lipinski definition) is 2. The molecule has 0 heterocycles. The SMILES string of the molecule is C=C/C=C(\C=C/C)N(c1ccc(N(c2ccc(C)cc2)c2c(C)cc(C(C)(C)C)cc2C)cc1)c1c(C)cc(C(C)(C)C)cc1C. The zero-order valence-electron chi connectivity index (χ0n) is 30.3. The van der Waals surface area contributed by atoms with Crippen LogP contribution >= 0.6 is 0 Å². The largest absolute Gasteiger partial charge is 0.310 e. The monoisotopic (exact) mass is 610 g/mol. The Balaban J connectivity index is 1.93. The average molecular weight is 611 g/mol. The first-order valence-electron chi connectivity index (χ1n) is 16.5. The summed E-state index contributed by atoms with van der Waals surface area (Å²) in [6.45, 7) is 30.9. The van der Waals surface area contributed by atoms with E-state index in [-0.39, 0.29) is 10.8 Å². The Hall–Kier alpha value is -4.30. The van der Waals surface area contributed by atoms with Gasteiger partial charge in [-0.05, 0) is 134 Å². The summed E-state index contributed by atoms with van der Waals surface area (Å²) in [5.74, 6) is 0. The highest BCUT2D eigenvalue weighted by Crippen LogP contribution is 2.43. The molecule has 0 aliphatic carbocycles. The van der Waals surface area contributed by atoms with Gasteiger partial charge >= 0.3 is 0 Å². The maximum atomic E-state index is 4.05. The molecule has 0 amide bonds. The summed E-state index contributed by atoms with van der Waals surface area (Å²) >= 11 is 0. The summed E-state index contributed by atoms with van der Waals surface area (Å²) in [7, 11) is 0. The minimum Gasteiger partial charge on any atom is -0.310 e. The van der Waals surface area contributed by atoms with Crippen molar-refractivity contribution >= 4 is 28.4 Å². The summed E-state index contributed by atoms with van der Waals surface area (Å²) in [6, 6.07) is 27.3. The molecule has 240 valence electrons. The molecule has 4 aromatic rings. The van der Waals surface area contributed by atoms with Gasteiger partial charge in [0.2, 0.25) is 0 Å². The van der Waals surface area contributed by atoms with Crippen LogP contribution in [0.2, 0.25) is 0 Å². The van der Waals surface area contributed by atoms with Gasteiger partial charge in [0.15, 0.2) is 0 Å². The van der Waals surface area contributed by atoms with E-state index < -0.39 is 0 Å². The summed E-state index contributed by atoms with van der Waals surface area (Å²) in [5.41, 5.74) is 16.0. The second-order valence-corrected chi connectivity index (χ2v) is 14.8. The van der Waals surface area contributed by atoms with Crippen molar-refractivity contribution in [1.82, 2.24) is 0 Å². The Morgan fingerprint density at radius 1 is 0.587 bits per heavy atom. The smallest absolute Gasteiger partial charge is 0.0520 e. The lowest BCUT2D eigenvalue weighted by Crippen LogP contribution is -2.20. The third-order valence-electron chi connectivity index (χ3n) is 8.70. The minimum atomic E-state index is 0.0738. The molecule has 0 fully saturated rings. The van der Waals surface area contributed by atoms with Gasteiger partial charge in [-0.25, -0.2) is 0 Å². The van der Waals surface area contributed by atoms with Gasteiger partial charge in [-0.3, -0.25) is 0 Å². The zero-order chi connectivity index (χ0) is 34.0. The molecule has 2 nitrogen and oxygen atoms in total. The topological polar surface area (TPSA) is 6.48 Å². The number of anilines is 5. The van der Waals surface area contributed by atoms with Crippen LogP contribution in [0.4, 0.5) is 28.4 Å². The lowest BCUT2D eigenvalue weighted by Gasteiger charge is -2.33. The van der Waals surface area contributed by atoms with Crippen LogP contribution in [0.3, 0.4) is 0 Å². The van der Waals surface area contributed by atoms with Gasteiger partial charge in [0, 0.05) is 22.8 Å². The molecule has 4 rings (SSSR count). The number of nitrogens with zero attached hydrogens (tertiary/aromatic N) is 2. The molecular weight excluding hydrogens is 556 g/mol. The number of rotatable bonds is 8. The van der Waals surface area contributed by atoms with Gasteiger partial charge in [-0.15, -0.1) is 0 Å². The molecule has 0 aliphatic heterocycles. The molecule has 0 saturated heterocycles. The van der Waals surface area contributed by atoms with Crippen molar-refractivity contribution in [3.05, 3.63) is 148 Å². The molecule has 0 saturated carbocycles. The molecule has 0 aromatic heterocycles. The van der Waals surface area contributed by atoms with E-state index in [9.17, 15) is 0 Å². The van der Waals surface area contributed by atoms with Crippen LogP contribution in [0.15, 0.2) is 109 Å². The number of benzene rings is 4. The molecular formula is C44H54N2. The fourth-order valence-electron chi connectivity index (χ4n) is 6.24. The van der Waals surface area contributed by atoms with Gasteiger partial charge in [0.05, 0.1) is 11.4 Å². The first-order chi connectivity index (χ1) is 21.6. The molecule has 0 atom stereocenters. The van der Waals surface area contributed by atoms with Crippen LogP contribution in [0, 0.1) is 34.6 Å². The molecule has 0 spiro atoms. The number of aryl methyl sites for hydroxylation is 5. The Morgan fingerprint density at radius 2 is 0.978 bits per heavy atom. The molecule has 0 radical (unpaired) electrons. The van der Waals surface area contributed by atoms with E-state index in [1.165, 1.54) is 50.3 Å². The quantitative estimate of drug-likeness (QED) is 0.183. The first-order valence-corrected chi connectivity index (χ1v) is 16.5. The van der Waals surface area contributed by atoms with E-state index in [0.717, 1.165) is 22.8 Å². The lowest BCUT2D eigenvalue weighted by atomic mass is 9.84. The third kappa shape index (κ3) is 7.39. The Morgan fingerprint density at radius 3 is 1.37 bits per heavy atom. The highest BCUT2D eigenvalue weighted by molar-refractivity contribution is 5.83. The highest BCUT2D eigenvalue weighted by Gasteiger charge is 2.24. The summed E-state index contributed by atoms with van der Waals surface area (Å²) < 4.78 is 0. The van der Waals surface area contributed by atoms with Crippen molar-refractivity contribution in [2.75, 3.05) is 9.80 Å². The second-order valence-electron chi connectivity index (χ2n) is 14.8. The van der Waals surface area contributed by atoms with Crippen molar-refractivity contribution in [2.24, 2.45) is 0 Å². The molecule has 0 aliphatic rings. The summed E-state index contributed by atoms with van der Waals surface area (Å²) in [6.07, 6.45) is 8.22. The standard InChI is InChI=1S/C44H54N2/c1-14-16-37(17-15-2)45(41-31(4)26-35(27-32(41)5)43(8,9)10)39-22-24-40(25-23-39)46(38-20-18-30(3)19-21-38)42-33(6)28-36(29-34(42)7)44(11,12)13/h14-29H,1H2,2-13H3/b17-15-,37-16+. The maximum Gasteiger partial charge on any atom is 0.0520 e. The number of hydrogen-bond donors (Lipinski definition) is 0. The maximum absolute atomic E-state index is 4.05. The molecule has 46 heavy (non-hydrogen) atoms. The third-order valence-corrected chi connectivity index (χ3v) is 8.70. The molecule has 4 aromatic carbocycles. The first kappa shape index (κ1) is 34.6. The molecule has 2 heteroatoms. The zero-order valence-corrected chi connectivity index (χ0v) is 30.3. The van der Waals surface area contributed by atoms with E-state index in [1.807, 2.05) is 6.08 Å². The lowest BCUT2D eigenvalue weighted by molar-refractivity contribution is 0.589. The van der Waals surface area contributed by atoms with Crippen molar-refractivity contribution in [1.29, 1.82) is 0 Å². The van der Waals surface area contributed by atoms with Crippen molar-refractivity contribution in [2.45, 2.75) is 93.9 Å². The highest BCUT2D eigenvalue weighted by atomic mass is 15.2. The van der Waals surface area contributed by atoms with Crippen LogP contribution in [0.5, 0.6) is 0 Å². The van der Waals surface area contributed by atoms with Crippen molar-refractivity contribution in [3.8, 4) is 0 Å². The van der Waals surface area contributed by atoms with Crippen LogP contribution in [0.1, 0.15) is 87.4 Å². The van der Waals surface area contributed by atoms with E-state index in [0.29, 0.717) is 0 Å². The molecule has 0 bridgehead atoms. The summed E-state index contributed by atoms with van der Waals surface area (Å²) in [5, 5.41) is 0. The molecule has 0 unspecified atom stereocenters. The fourth-order valence-corrected chi connectivity index (χ4v) is 6.24. The van der Waals surface area contributed by atoms with Crippen LogP contribution in [-0.4, -0.2) is 0 Å². The number of allylic oxidation sites excluding steroid dienone is 4. The normalized spacial score (nSPS) is 12.5. The predicted molar refractivity (Wildman–Crippen MR) is 204 cm³/mol. The van der Waals surface area contributed by atoms with Gasteiger partial charge in [-0.2, -0.15) is 0 Å². The Bertz CT molecular complexity index is 1710. The minimum absolute atomic E-state index is 0.0738. The van der Waals surface area contributed by atoms with Crippen molar-refractivity contribution in [3.63, 3.8) is 0 Å². The average Bonchev–Trinajstić information content (AvgIpc) is 2.96. The van der Waals surface area contributed by atoms with Gasteiger partial charge in [-0.1, -0.05) is 102 Å². The van der Waals surface area contributed by atoms with Crippen LogP contribution in [0.25, 0.3) is 0 Å².